The summed E-state index contributed by atoms with van der Waals surface area (Å²) in [5.74, 6) is -4.79. The number of halogens is 6. The quantitative estimate of drug-likeness (QED) is 0.524. The van der Waals surface area contributed by atoms with Gasteiger partial charge in [0.1, 0.15) is 0 Å². The van der Waals surface area contributed by atoms with Crippen molar-refractivity contribution in [1.82, 2.24) is 14.7 Å². The zero-order valence-electron chi connectivity index (χ0n) is 21.0. The number of hydrogen-bond acceptors (Lipinski definition) is 7. The summed E-state index contributed by atoms with van der Waals surface area (Å²) in [6.07, 6.45) is -8.94. The lowest BCUT2D eigenvalue weighted by Gasteiger charge is -2.38. The maximum Gasteiger partial charge on any atom is 0.490 e. The molecule has 2 atom stereocenters. The number of aliphatic carboxylic acids is 2. The van der Waals surface area contributed by atoms with Gasteiger partial charge < -0.3 is 24.7 Å². The molecule has 1 aromatic heterocycles. The summed E-state index contributed by atoms with van der Waals surface area (Å²) in [5.41, 5.74) is 1.09. The number of carbonyl (C=O) groups is 3. The molecule has 0 unspecified atom stereocenters. The van der Waals surface area contributed by atoms with Gasteiger partial charge in [-0.15, -0.1) is 11.3 Å². The molecule has 2 saturated heterocycles. The van der Waals surface area contributed by atoms with E-state index >= 15 is 0 Å². The fourth-order valence-electron chi connectivity index (χ4n) is 3.58. The normalized spacial score (nSPS) is 20.3. The summed E-state index contributed by atoms with van der Waals surface area (Å²) in [4.78, 5) is 38.2. The van der Waals surface area contributed by atoms with Gasteiger partial charge in [-0.1, -0.05) is 0 Å². The monoisotopic (exact) mass is 579 g/mol. The molecular formula is C22H31F6N3O6S. The second-order valence-corrected chi connectivity index (χ2v) is 9.77. The number of carboxylic acid groups (broad SMARTS) is 2. The summed E-state index contributed by atoms with van der Waals surface area (Å²) >= 11 is 1.55. The molecule has 1 amide bonds. The lowest BCUT2D eigenvalue weighted by Crippen LogP contribution is -2.49. The van der Waals surface area contributed by atoms with Crippen LogP contribution in [0.25, 0.3) is 0 Å². The van der Waals surface area contributed by atoms with E-state index < -0.39 is 24.3 Å². The number of nitrogens with zero attached hydrogens (tertiary/aromatic N) is 3. The summed E-state index contributed by atoms with van der Waals surface area (Å²) < 4.78 is 69.6. The Labute approximate surface area is 219 Å². The molecule has 0 bridgehead atoms. The van der Waals surface area contributed by atoms with Gasteiger partial charge in [-0.05, 0) is 44.4 Å². The highest BCUT2D eigenvalue weighted by molar-refractivity contribution is 7.12. The van der Waals surface area contributed by atoms with Crippen LogP contribution in [0.3, 0.4) is 0 Å². The Balaban J connectivity index is 0.000000426. The lowest BCUT2D eigenvalue weighted by molar-refractivity contribution is -0.193. The number of likely N-dealkylation sites (tertiary alicyclic amines) is 1. The third kappa shape index (κ3) is 11.5. The number of amides is 1. The first-order valence-electron chi connectivity index (χ1n) is 11.4. The van der Waals surface area contributed by atoms with Gasteiger partial charge in [0, 0.05) is 45.2 Å². The Morgan fingerprint density at radius 2 is 1.61 bits per heavy atom. The van der Waals surface area contributed by atoms with E-state index in [4.69, 9.17) is 24.5 Å². The Morgan fingerprint density at radius 3 is 2.05 bits per heavy atom. The van der Waals surface area contributed by atoms with E-state index in [-0.39, 0.29) is 12.0 Å². The molecule has 3 rings (SSSR count). The second kappa shape index (κ2) is 14.6. The molecule has 0 aliphatic carbocycles. The number of fused-ring (bicyclic) bond motifs is 1. The number of carbonyl (C=O) groups excluding carboxylic acids is 1. The van der Waals surface area contributed by atoms with Crippen LogP contribution in [0.1, 0.15) is 21.7 Å². The minimum absolute atomic E-state index is 0.179. The SMILES string of the molecule is Cc1ccsc1C(=O)N1CC[C@@H]2CN(CCN(C)C)CCO[C@@H]2C1.O=C(O)C(F)(F)F.O=C(O)C(F)(F)F. The van der Waals surface area contributed by atoms with Crippen molar-refractivity contribution in [3.05, 3.63) is 21.9 Å². The Bertz CT molecular complexity index is 900. The summed E-state index contributed by atoms with van der Waals surface area (Å²) in [7, 11) is 4.24. The second-order valence-electron chi connectivity index (χ2n) is 8.85. The third-order valence-electron chi connectivity index (χ3n) is 5.62. The van der Waals surface area contributed by atoms with Gasteiger partial charge in [0.05, 0.1) is 17.6 Å². The van der Waals surface area contributed by atoms with Crippen LogP contribution in [0.2, 0.25) is 0 Å². The molecule has 1 aromatic rings. The zero-order chi connectivity index (χ0) is 29.3. The first-order valence-corrected chi connectivity index (χ1v) is 12.2. The van der Waals surface area contributed by atoms with Gasteiger partial charge in [-0.2, -0.15) is 26.3 Å². The molecule has 2 aliphatic rings. The average molecular weight is 580 g/mol. The number of alkyl halides is 6. The highest BCUT2D eigenvalue weighted by atomic mass is 32.1. The molecule has 0 radical (unpaired) electrons. The molecule has 2 aliphatic heterocycles. The van der Waals surface area contributed by atoms with Gasteiger partial charge in [0.25, 0.3) is 5.91 Å². The Hall–Kier alpha value is -2.43. The van der Waals surface area contributed by atoms with Crippen molar-refractivity contribution in [3.63, 3.8) is 0 Å². The lowest BCUT2D eigenvalue weighted by atomic mass is 9.93. The molecule has 16 heteroatoms. The molecule has 0 spiro atoms. The van der Waals surface area contributed by atoms with E-state index in [9.17, 15) is 31.1 Å². The number of ether oxygens (including phenoxy) is 1. The van der Waals surface area contributed by atoms with Crippen molar-refractivity contribution in [2.75, 3.05) is 60.0 Å². The summed E-state index contributed by atoms with van der Waals surface area (Å²) in [6, 6.07) is 2.02. The van der Waals surface area contributed by atoms with Gasteiger partial charge in [0.15, 0.2) is 0 Å². The largest absolute Gasteiger partial charge is 0.490 e. The standard InChI is InChI=1S/C18H29N3O2S.2C2HF3O2/c1-14-5-11-24-17(14)18(22)21-6-4-15-12-20(8-7-19(2)3)9-10-23-16(15)13-21;2*3-2(4,5)1(6)7/h5,11,15-16H,4,6-10,12-13H2,1-3H3;2*(H,6,7)/t15-,16-;;/m1../s1. The fourth-order valence-corrected chi connectivity index (χ4v) is 4.48. The van der Waals surface area contributed by atoms with E-state index in [1.54, 1.807) is 11.3 Å². The zero-order valence-corrected chi connectivity index (χ0v) is 21.8. The van der Waals surface area contributed by atoms with Crippen LogP contribution in [0.15, 0.2) is 11.4 Å². The maximum atomic E-state index is 12.7. The number of hydrogen-bond donors (Lipinski definition) is 2. The van der Waals surface area contributed by atoms with E-state index in [2.05, 4.69) is 23.9 Å². The topological polar surface area (TPSA) is 111 Å². The summed E-state index contributed by atoms with van der Waals surface area (Å²) in [6.45, 7) is 8.65. The van der Waals surface area contributed by atoms with Crippen LogP contribution in [0.4, 0.5) is 26.3 Å². The fraction of sp³-hybridized carbons (Fsp3) is 0.682. The smallest absolute Gasteiger partial charge is 0.475 e. The van der Waals surface area contributed by atoms with Gasteiger partial charge in [0.2, 0.25) is 0 Å². The number of rotatable bonds is 4. The molecule has 2 N–H and O–H groups in total. The Morgan fingerprint density at radius 1 is 1.05 bits per heavy atom. The van der Waals surface area contributed by atoms with Crippen molar-refractivity contribution in [2.24, 2.45) is 5.92 Å². The van der Waals surface area contributed by atoms with Crippen LogP contribution in [-0.2, 0) is 14.3 Å². The first kappa shape index (κ1) is 33.6. The minimum Gasteiger partial charge on any atom is -0.475 e. The number of piperidine rings is 1. The van der Waals surface area contributed by atoms with Crippen molar-refractivity contribution < 1.29 is 55.7 Å². The number of thiophene rings is 1. The first-order chi connectivity index (χ1) is 17.4. The van der Waals surface area contributed by atoms with E-state index in [0.29, 0.717) is 5.92 Å². The van der Waals surface area contributed by atoms with Crippen molar-refractivity contribution in [1.29, 1.82) is 0 Å². The number of carboxylic acids is 2. The molecule has 38 heavy (non-hydrogen) atoms. The van der Waals surface area contributed by atoms with Crippen LogP contribution < -0.4 is 0 Å². The predicted octanol–water partition coefficient (Wildman–Crippen LogP) is 3.05. The number of aryl methyl sites for hydroxylation is 1. The number of likely N-dealkylation sites (N-methyl/N-ethyl adjacent to an activating group) is 1. The highest BCUT2D eigenvalue weighted by Gasteiger charge is 2.39. The maximum absolute atomic E-state index is 12.7. The van der Waals surface area contributed by atoms with Crippen molar-refractivity contribution in [2.45, 2.75) is 31.8 Å². The third-order valence-corrected chi connectivity index (χ3v) is 6.62. The molecule has 0 saturated carbocycles. The highest BCUT2D eigenvalue weighted by Crippen LogP contribution is 2.27. The minimum atomic E-state index is -5.08. The average Bonchev–Trinajstić information content (AvgIpc) is 3.11. The van der Waals surface area contributed by atoms with Crippen molar-refractivity contribution >= 4 is 29.2 Å². The molecule has 9 nitrogen and oxygen atoms in total. The predicted molar refractivity (Wildman–Crippen MR) is 125 cm³/mol. The molecule has 3 heterocycles. The summed E-state index contributed by atoms with van der Waals surface area (Å²) in [5, 5.41) is 16.3. The van der Waals surface area contributed by atoms with Crippen LogP contribution in [0, 0.1) is 12.8 Å². The molecule has 218 valence electrons. The van der Waals surface area contributed by atoms with Crippen LogP contribution in [0.5, 0.6) is 0 Å². The molecule has 0 aromatic carbocycles. The van der Waals surface area contributed by atoms with Gasteiger partial charge >= 0.3 is 24.3 Å². The van der Waals surface area contributed by atoms with E-state index in [0.717, 1.165) is 62.7 Å². The Kier molecular flexibility index (Phi) is 13.0. The van der Waals surface area contributed by atoms with Gasteiger partial charge in [-0.3, -0.25) is 9.69 Å². The van der Waals surface area contributed by atoms with E-state index in [1.165, 1.54) is 0 Å². The van der Waals surface area contributed by atoms with Crippen LogP contribution >= 0.6 is 11.3 Å². The molecule has 2 fully saturated rings. The van der Waals surface area contributed by atoms with Crippen molar-refractivity contribution in [3.8, 4) is 0 Å². The van der Waals surface area contributed by atoms with Crippen LogP contribution in [-0.4, -0.2) is 121 Å². The van der Waals surface area contributed by atoms with E-state index in [1.807, 2.05) is 23.3 Å². The molecular weight excluding hydrogens is 548 g/mol. The van der Waals surface area contributed by atoms with Gasteiger partial charge in [-0.25, -0.2) is 9.59 Å².